The van der Waals surface area contributed by atoms with Gasteiger partial charge >= 0.3 is 6.03 Å². The van der Waals surface area contributed by atoms with Crippen LogP contribution >= 0.6 is 0 Å². The number of hydrogen-bond donors (Lipinski definition) is 2. The predicted molar refractivity (Wildman–Crippen MR) is 81.3 cm³/mol. The molecular weight excluding hydrogens is 304 g/mol. The van der Waals surface area contributed by atoms with E-state index in [-0.39, 0.29) is 35.5 Å². The molecule has 3 saturated heterocycles. The van der Waals surface area contributed by atoms with E-state index in [1.807, 2.05) is 4.31 Å². The smallest absolute Gasteiger partial charge is 0.318 e. The summed E-state index contributed by atoms with van der Waals surface area (Å²) < 4.78 is 13.3. The van der Waals surface area contributed by atoms with E-state index < -0.39 is 11.0 Å². The highest BCUT2D eigenvalue weighted by Crippen LogP contribution is 2.48. The standard InChI is InChI=1S/C14H22N4O3S/c1-22(21)17-7-14(8-17)4-10(5-14)15-12(19)11-3-2-9-6-18(11)13(20)16-9/h9-11H,2-8H2,1H3,(H,15,19)(H,16,20). The zero-order valence-electron chi connectivity index (χ0n) is 12.7. The monoisotopic (exact) mass is 326 g/mol. The van der Waals surface area contributed by atoms with Gasteiger partial charge in [-0.1, -0.05) is 0 Å². The average Bonchev–Trinajstić information content (AvgIpc) is 2.65. The van der Waals surface area contributed by atoms with Gasteiger partial charge in [-0.2, -0.15) is 0 Å². The third-order valence-electron chi connectivity index (χ3n) is 5.57. The Balaban J connectivity index is 1.28. The second-order valence-electron chi connectivity index (χ2n) is 7.23. The molecule has 2 N–H and O–H groups in total. The molecule has 0 aromatic rings. The van der Waals surface area contributed by atoms with Crippen molar-refractivity contribution < 1.29 is 13.8 Å². The van der Waals surface area contributed by atoms with Crippen LogP contribution in [0, 0.1) is 5.41 Å². The van der Waals surface area contributed by atoms with E-state index in [1.165, 1.54) is 0 Å². The maximum atomic E-state index is 12.4. The van der Waals surface area contributed by atoms with Gasteiger partial charge in [0.1, 0.15) is 6.04 Å². The van der Waals surface area contributed by atoms with Crippen molar-refractivity contribution in [1.29, 1.82) is 0 Å². The Morgan fingerprint density at radius 3 is 2.77 bits per heavy atom. The Hall–Kier alpha value is -1.15. The molecule has 122 valence electrons. The van der Waals surface area contributed by atoms with Crippen molar-refractivity contribution in [2.75, 3.05) is 25.9 Å². The summed E-state index contributed by atoms with van der Waals surface area (Å²) in [6.45, 7) is 2.41. The van der Waals surface area contributed by atoms with Crippen molar-refractivity contribution in [3.05, 3.63) is 0 Å². The molecule has 3 unspecified atom stereocenters. The maximum absolute atomic E-state index is 12.4. The summed E-state index contributed by atoms with van der Waals surface area (Å²) in [6.07, 6.45) is 5.27. The molecule has 0 radical (unpaired) electrons. The number of hydrogen-bond acceptors (Lipinski definition) is 3. The van der Waals surface area contributed by atoms with Gasteiger partial charge in [0, 0.05) is 43.4 Å². The average molecular weight is 326 g/mol. The summed E-state index contributed by atoms with van der Waals surface area (Å²) in [5, 5.41) is 6.00. The van der Waals surface area contributed by atoms with Crippen molar-refractivity contribution in [3.8, 4) is 0 Å². The second-order valence-corrected chi connectivity index (χ2v) is 8.59. The summed E-state index contributed by atoms with van der Waals surface area (Å²) >= 11 is 0. The quantitative estimate of drug-likeness (QED) is 0.728. The van der Waals surface area contributed by atoms with Crippen molar-refractivity contribution in [2.45, 2.75) is 43.8 Å². The van der Waals surface area contributed by atoms with Crippen LogP contribution in [-0.4, -0.2) is 69.4 Å². The maximum Gasteiger partial charge on any atom is 0.318 e. The van der Waals surface area contributed by atoms with Crippen LogP contribution in [0.5, 0.6) is 0 Å². The molecule has 3 heterocycles. The Labute approximate surface area is 132 Å². The fourth-order valence-corrected chi connectivity index (χ4v) is 5.28. The number of piperidine rings is 1. The molecule has 8 heteroatoms. The molecule has 0 aromatic heterocycles. The molecule has 3 amide bonds. The fraction of sp³-hybridized carbons (Fsp3) is 0.857. The van der Waals surface area contributed by atoms with Gasteiger partial charge in [-0.3, -0.25) is 4.79 Å². The number of nitrogens with zero attached hydrogens (tertiary/aromatic N) is 2. The van der Waals surface area contributed by atoms with E-state index in [2.05, 4.69) is 10.6 Å². The van der Waals surface area contributed by atoms with E-state index in [4.69, 9.17) is 0 Å². The largest absolute Gasteiger partial charge is 0.352 e. The zero-order chi connectivity index (χ0) is 15.5. The van der Waals surface area contributed by atoms with Gasteiger partial charge in [0.15, 0.2) is 0 Å². The van der Waals surface area contributed by atoms with Crippen LogP contribution in [0.2, 0.25) is 0 Å². The first kappa shape index (κ1) is 14.4. The molecule has 1 aliphatic carbocycles. The number of amides is 3. The lowest BCUT2D eigenvalue weighted by molar-refractivity contribution is -0.130. The lowest BCUT2D eigenvalue weighted by Gasteiger charge is -2.58. The Bertz CT molecular complexity index is 540. The number of fused-ring (bicyclic) bond motifs is 2. The lowest BCUT2D eigenvalue weighted by Crippen LogP contribution is -2.67. The topological polar surface area (TPSA) is 81.8 Å². The second kappa shape index (κ2) is 4.92. The van der Waals surface area contributed by atoms with Crippen molar-refractivity contribution >= 4 is 22.9 Å². The van der Waals surface area contributed by atoms with E-state index in [9.17, 15) is 13.8 Å². The minimum atomic E-state index is -0.874. The number of nitrogens with one attached hydrogen (secondary N) is 2. The minimum absolute atomic E-state index is 0.00871. The molecule has 1 saturated carbocycles. The molecule has 0 aromatic carbocycles. The van der Waals surface area contributed by atoms with E-state index in [0.29, 0.717) is 6.54 Å². The summed E-state index contributed by atoms with van der Waals surface area (Å²) in [6, 6.07) is 0.0202. The Morgan fingerprint density at radius 1 is 1.36 bits per heavy atom. The highest BCUT2D eigenvalue weighted by Gasteiger charge is 2.54. The number of carbonyl (C=O) groups is 2. The third kappa shape index (κ3) is 2.23. The van der Waals surface area contributed by atoms with Gasteiger partial charge in [-0.05, 0) is 25.7 Å². The first-order valence-corrected chi connectivity index (χ1v) is 9.43. The molecule has 2 bridgehead atoms. The van der Waals surface area contributed by atoms with Gasteiger partial charge in [0.25, 0.3) is 0 Å². The van der Waals surface area contributed by atoms with Crippen molar-refractivity contribution in [1.82, 2.24) is 19.8 Å². The predicted octanol–water partition coefficient (Wildman–Crippen LogP) is -0.583. The summed E-state index contributed by atoms with van der Waals surface area (Å²) in [5.74, 6) is -0.00871. The first-order chi connectivity index (χ1) is 10.5. The van der Waals surface area contributed by atoms with Crippen LogP contribution in [0.25, 0.3) is 0 Å². The van der Waals surface area contributed by atoms with Crippen LogP contribution < -0.4 is 10.6 Å². The normalized spacial score (nSPS) is 34.8. The molecule has 22 heavy (non-hydrogen) atoms. The van der Waals surface area contributed by atoms with Gasteiger partial charge in [0.2, 0.25) is 5.91 Å². The highest BCUT2D eigenvalue weighted by molar-refractivity contribution is 7.81. The van der Waals surface area contributed by atoms with Gasteiger partial charge < -0.3 is 15.5 Å². The summed E-state index contributed by atoms with van der Waals surface area (Å²) in [7, 11) is -0.874. The molecular formula is C14H22N4O3S. The van der Waals surface area contributed by atoms with Crippen LogP contribution in [0.15, 0.2) is 0 Å². The van der Waals surface area contributed by atoms with Crippen LogP contribution in [-0.2, 0) is 15.8 Å². The van der Waals surface area contributed by atoms with Crippen LogP contribution in [0.3, 0.4) is 0 Å². The fourth-order valence-electron chi connectivity index (χ4n) is 4.37. The zero-order valence-corrected chi connectivity index (χ0v) is 13.5. The van der Waals surface area contributed by atoms with Gasteiger partial charge in [-0.25, -0.2) is 13.3 Å². The van der Waals surface area contributed by atoms with Crippen LogP contribution in [0.1, 0.15) is 25.7 Å². The van der Waals surface area contributed by atoms with E-state index >= 15 is 0 Å². The van der Waals surface area contributed by atoms with Gasteiger partial charge in [0.05, 0.1) is 11.0 Å². The molecule has 1 spiro atoms. The van der Waals surface area contributed by atoms with E-state index in [1.54, 1.807) is 11.2 Å². The molecule has 4 aliphatic rings. The molecule has 3 aliphatic heterocycles. The van der Waals surface area contributed by atoms with Crippen molar-refractivity contribution in [2.24, 2.45) is 5.41 Å². The molecule has 4 rings (SSSR count). The third-order valence-corrected chi connectivity index (χ3v) is 6.55. The number of carbonyl (C=O) groups excluding carboxylic acids is 2. The van der Waals surface area contributed by atoms with Gasteiger partial charge in [-0.15, -0.1) is 0 Å². The molecule has 4 fully saturated rings. The molecule has 7 nitrogen and oxygen atoms in total. The summed E-state index contributed by atoms with van der Waals surface area (Å²) in [4.78, 5) is 25.9. The minimum Gasteiger partial charge on any atom is -0.352 e. The Morgan fingerprint density at radius 2 is 2.09 bits per heavy atom. The van der Waals surface area contributed by atoms with E-state index in [0.717, 1.165) is 38.8 Å². The SMILES string of the molecule is CS(=O)N1CC2(CC(NC(=O)C3CCC4CN3C(=O)N4)C2)C1. The number of urea groups is 1. The van der Waals surface area contributed by atoms with Crippen molar-refractivity contribution in [3.63, 3.8) is 0 Å². The first-order valence-electron chi connectivity index (χ1n) is 7.92. The Kier molecular flexibility index (Phi) is 3.23. The lowest BCUT2D eigenvalue weighted by atomic mass is 9.61. The molecule has 3 atom stereocenters. The summed E-state index contributed by atoms with van der Waals surface area (Å²) in [5.41, 5.74) is 0.270. The van der Waals surface area contributed by atoms with Crippen LogP contribution in [0.4, 0.5) is 4.79 Å². The number of rotatable bonds is 3. The highest BCUT2D eigenvalue weighted by atomic mass is 32.2.